The minimum Gasteiger partial charge on any atom is -0.458 e. The SMILES string of the molecule is C.C#C.C#CC.c1cc2c3c(c1)Oc1cccc4c1B3c1c(cccc1O4)O2. The van der Waals surface area contributed by atoms with Gasteiger partial charge in [-0.2, -0.15) is 0 Å². The van der Waals surface area contributed by atoms with Crippen molar-refractivity contribution in [3.8, 4) is 59.7 Å². The number of rotatable bonds is 0. The van der Waals surface area contributed by atoms with Gasteiger partial charge in [-0.05, 0) is 43.3 Å². The first-order valence-electron chi connectivity index (χ1n) is 8.44. The molecule has 3 heterocycles. The molecule has 136 valence electrons. The molecule has 0 aromatic heterocycles. The summed E-state index contributed by atoms with van der Waals surface area (Å²) in [7, 11) is 0. The van der Waals surface area contributed by atoms with Crippen LogP contribution < -0.4 is 30.6 Å². The van der Waals surface area contributed by atoms with Gasteiger partial charge in [0.15, 0.2) is 0 Å². The molecule has 3 nitrogen and oxygen atoms in total. The largest absolute Gasteiger partial charge is 0.458 e. The standard InChI is InChI=1S/C18H9BO3.C3H4.C2H2.CH4/c1-4-10-16-11(5-1)21-13-7-3-9-15-18(13)19(16)17-12(20-10)6-2-8-14(17)22-15;1-3-2;1-2;/h1-9H;1H,2H3;1-2H;1H4. The highest BCUT2D eigenvalue weighted by Crippen LogP contribution is 2.40. The molecule has 3 aromatic rings. The molecule has 3 aromatic carbocycles. The summed E-state index contributed by atoms with van der Waals surface area (Å²) in [5.41, 5.74) is 3.31. The van der Waals surface area contributed by atoms with E-state index in [0.29, 0.717) is 0 Å². The van der Waals surface area contributed by atoms with Crippen molar-refractivity contribution in [2.45, 2.75) is 14.4 Å². The maximum Gasteiger partial charge on any atom is 0.270 e. The molecule has 0 fully saturated rings. The lowest BCUT2D eigenvalue weighted by molar-refractivity contribution is 0.443. The second-order valence-electron chi connectivity index (χ2n) is 6.03. The first-order chi connectivity index (χ1) is 13.3. The molecule has 0 atom stereocenters. The number of hydrogen-bond donors (Lipinski definition) is 0. The summed E-state index contributed by atoms with van der Waals surface area (Å²) in [6, 6.07) is 17.9. The molecule has 0 bridgehead atoms. The lowest BCUT2D eigenvalue weighted by Gasteiger charge is -2.37. The van der Waals surface area contributed by atoms with Gasteiger partial charge in [0.2, 0.25) is 0 Å². The number of terminal acetylenes is 2. The van der Waals surface area contributed by atoms with Crippen LogP contribution in [0.4, 0.5) is 0 Å². The maximum absolute atomic E-state index is 6.09. The quantitative estimate of drug-likeness (QED) is 0.300. The van der Waals surface area contributed by atoms with Crippen LogP contribution >= 0.6 is 0 Å². The fourth-order valence-corrected chi connectivity index (χ4v) is 3.75. The van der Waals surface area contributed by atoms with Gasteiger partial charge in [0.25, 0.3) is 6.71 Å². The average Bonchev–Trinajstić information content (AvgIpc) is 2.70. The smallest absolute Gasteiger partial charge is 0.270 e. The zero-order valence-corrected chi connectivity index (χ0v) is 14.7. The second kappa shape index (κ2) is 7.47. The molecular weight excluding hydrogens is 347 g/mol. The average molecular weight is 366 g/mol. The molecule has 6 rings (SSSR count). The Labute approximate surface area is 166 Å². The van der Waals surface area contributed by atoms with Crippen LogP contribution in [0.25, 0.3) is 0 Å². The second-order valence-corrected chi connectivity index (χ2v) is 6.03. The van der Waals surface area contributed by atoms with Crippen LogP contribution in [-0.4, -0.2) is 6.71 Å². The third-order valence-corrected chi connectivity index (χ3v) is 4.60. The number of ether oxygens (including phenoxy) is 3. The maximum atomic E-state index is 6.09. The van der Waals surface area contributed by atoms with Gasteiger partial charge < -0.3 is 14.2 Å². The summed E-state index contributed by atoms with van der Waals surface area (Å²) in [4.78, 5) is 0. The third-order valence-electron chi connectivity index (χ3n) is 4.60. The Morgan fingerprint density at radius 1 is 0.643 bits per heavy atom. The highest BCUT2D eigenvalue weighted by molar-refractivity contribution is 6.99. The first-order valence-corrected chi connectivity index (χ1v) is 8.44. The third kappa shape index (κ3) is 2.59. The van der Waals surface area contributed by atoms with Crippen LogP contribution in [0.1, 0.15) is 14.4 Å². The predicted octanol–water partition coefficient (Wildman–Crippen LogP) is 4.04. The first kappa shape index (κ1) is 19.0. The fourth-order valence-electron chi connectivity index (χ4n) is 3.75. The predicted molar refractivity (Wildman–Crippen MR) is 115 cm³/mol. The molecule has 0 radical (unpaired) electrons. The van der Waals surface area contributed by atoms with E-state index < -0.39 is 0 Å². The summed E-state index contributed by atoms with van der Waals surface area (Å²) in [5.74, 6) is 7.47. The van der Waals surface area contributed by atoms with E-state index in [4.69, 9.17) is 14.2 Å². The van der Waals surface area contributed by atoms with Crippen LogP contribution in [0.2, 0.25) is 0 Å². The van der Waals surface area contributed by atoms with Crippen molar-refractivity contribution in [2.75, 3.05) is 0 Å². The molecule has 0 N–H and O–H groups in total. The van der Waals surface area contributed by atoms with E-state index in [2.05, 4.69) is 25.2 Å². The van der Waals surface area contributed by atoms with Crippen molar-refractivity contribution < 1.29 is 14.2 Å². The molecule has 0 amide bonds. The Morgan fingerprint density at radius 2 is 0.857 bits per heavy atom. The molecule has 3 aliphatic heterocycles. The Kier molecular flexibility index (Phi) is 5.07. The Balaban J connectivity index is 0.000000346. The lowest BCUT2D eigenvalue weighted by atomic mass is 9.34. The van der Waals surface area contributed by atoms with Crippen molar-refractivity contribution in [1.82, 2.24) is 0 Å². The van der Waals surface area contributed by atoms with Gasteiger partial charge in [0.05, 0.1) is 0 Å². The number of hydrogen-bond acceptors (Lipinski definition) is 3. The minimum atomic E-state index is 0. The molecule has 0 saturated heterocycles. The van der Waals surface area contributed by atoms with Crippen LogP contribution in [0, 0.1) is 25.2 Å². The van der Waals surface area contributed by atoms with E-state index in [9.17, 15) is 0 Å². The summed E-state index contributed by atoms with van der Waals surface area (Å²) in [5, 5.41) is 0. The fraction of sp³-hybridized carbons (Fsp3) is 0.0833. The van der Waals surface area contributed by atoms with E-state index in [-0.39, 0.29) is 14.1 Å². The van der Waals surface area contributed by atoms with Crippen molar-refractivity contribution in [2.24, 2.45) is 0 Å². The molecular formula is C24H19BO3. The van der Waals surface area contributed by atoms with Gasteiger partial charge in [-0.3, -0.25) is 0 Å². The van der Waals surface area contributed by atoms with Crippen molar-refractivity contribution in [3.63, 3.8) is 0 Å². The van der Waals surface area contributed by atoms with Gasteiger partial charge in [-0.25, -0.2) is 0 Å². The van der Waals surface area contributed by atoms with Crippen LogP contribution in [0.5, 0.6) is 34.5 Å². The molecule has 0 unspecified atom stereocenters. The molecule has 4 heteroatoms. The molecule has 28 heavy (non-hydrogen) atoms. The number of benzene rings is 3. The van der Waals surface area contributed by atoms with Gasteiger partial charge in [0.1, 0.15) is 34.5 Å². The minimum absolute atomic E-state index is 0. The van der Waals surface area contributed by atoms with E-state index in [1.54, 1.807) is 6.92 Å². The van der Waals surface area contributed by atoms with E-state index in [0.717, 1.165) is 50.9 Å². The highest BCUT2D eigenvalue weighted by Gasteiger charge is 2.45. The van der Waals surface area contributed by atoms with Crippen molar-refractivity contribution >= 4 is 23.1 Å². The van der Waals surface area contributed by atoms with Crippen LogP contribution in [0.15, 0.2) is 54.6 Å². The Bertz CT molecular complexity index is 921. The van der Waals surface area contributed by atoms with Gasteiger partial charge in [0, 0.05) is 16.4 Å². The van der Waals surface area contributed by atoms with E-state index in [1.165, 1.54) is 0 Å². The van der Waals surface area contributed by atoms with Crippen molar-refractivity contribution in [1.29, 1.82) is 0 Å². The molecule has 0 aliphatic carbocycles. The summed E-state index contributed by atoms with van der Waals surface area (Å²) in [6.07, 6.45) is 12.6. The lowest BCUT2D eigenvalue weighted by Crippen LogP contribution is -2.59. The normalized spacial score (nSPS) is 11.7. The van der Waals surface area contributed by atoms with Crippen molar-refractivity contribution in [3.05, 3.63) is 54.6 Å². The monoisotopic (exact) mass is 366 g/mol. The molecule has 3 aliphatic rings. The zero-order chi connectivity index (χ0) is 19.0. The highest BCUT2D eigenvalue weighted by atomic mass is 16.5. The summed E-state index contributed by atoms with van der Waals surface area (Å²) in [6.45, 7) is 1.78. The summed E-state index contributed by atoms with van der Waals surface area (Å²) < 4.78 is 18.3. The van der Waals surface area contributed by atoms with Crippen LogP contribution in [-0.2, 0) is 0 Å². The van der Waals surface area contributed by atoms with E-state index in [1.807, 2.05) is 54.6 Å². The topological polar surface area (TPSA) is 27.7 Å². The summed E-state index contributed by atoms with van der Waals surface area (Å²) >= 11 is 0. The zero-order valence-electron chi connectivity index (χ0n) is 14.7. The Hall–Kier alpha value is -3.76. The van der Waals surface area contributed by atoms with E-state index >= 15 is 0 Å². The van der Waals surface area contributed by atoms with Crippen LogP contribution in [0.3, 0.4) is 0 Å². The Morgan fingerprint density at radius 3 is 1.07 bits per heavy atom. The van der Waals surface area contributed by atoms with Gasteiger partial charge in [-0.1, -0.05) is 25.6 Å². The van der Waals surface area contributed by atoms with Gasteiger partial charge in [-0.15, -0.1) is 25.2 Å². The molecule has 0 saturated carbocycles. The molecule has 0 spiro atoms. The van der Waals surface area contributed by atoms with Gasteiger partial charge >= 0.3 is 0 Å².